The first-order chi connectivity index (χ1) is 14.7. The average Bonchev–Trinajstić information content (AvgIpc) is 3.06. The number of ether oxygens (including phenoxy) is 4. The second-order valence-corrected chi connectivity index (χ2v) is 8.79. The predicted molar refractivity (Wildman–Crippen MR) is 113 cm³/mol. The maximum atomic E-state index is 12.7. The van der Waals surface area contributed by atoms with Crippen LogP contribution in [0.2, 0.25) is 0 Å². The second kappa shape index (κ2) is 10.5. The molecule has 31 heavy (non-hydrogen) atoms. The van der Waals surface area contributed by atoms with Crippen LogP contribution in [0, 0.1) is 0 Å². The second-order valence-electron chi connectivity index (χ2n) is 8.31. The molecule has 7 nitrogen and oxygen atoms in total. The minimum absolute atomic E-state index is 0.105. The predicted octanol–water partition coefficient (Wildman–Crippen LogP) is 3.89. The highest BCUT2D eigenvalue weighted by Crippen LogP contribution is 2.33. The van der Waals surface area contributed by atoms with Crippen molar-refractivity contribution in [3.8, 4) is 0 Å². The van der Waals surface area contributed by atoms with Crippen LogP contribution in [0.5, 0.6) is 0 Å². The molecule has 3 aliphatic rings. The van der Waals surface area contributed by atoms with Gasteiger partial charge in [-0.1, -0.05) is 29.3 Å². The highest BCUT2D eigenvalue weighted by atomic mass is 35.5. The van der Waals surface area contributed by atoms with Crippen LogP contribution in [-0.2, 0) is 33.3 Å². The van der Waals surface area contributed by atoms with Crippen LogP contribution in [0.25, 0.3) is 0 Å². The molecule has 3 aliphatic heterocycles. The summed E-state index contributed by atoms with van der Waals surface area (Å²) in [5, 5.41) is 0.713. The first-order valence-electron chi connectivity index (χ1n) is 10.6. The Kier molecular flexibility index (Phi) is 7.94. The lowest BCUT2D eigenvalue weighted by molar-refractivity contribution is -0.165. The highest BCUT2D eigenvalue weighted by Gasteiger charge is 2.44. The van der Waals surface area contributed by atoms with Gasteiger partial charge in [-0.05, 0) is 44.8 Å². The van der Waals surface area contributed by atoms with Crippen molar-refractivity contribution in [1.82, 2.24) is 0 Å². The minimum atomic E-state index is -0.716. The maximum absolute atomic E-state index is 12.7. The summed E-state index contributed by atoms with van der Waals surface area (Å²) in [7, 11) is 0. The Hall–Kier alpha value is -2.12. The molecule has 0 radical (unpaired) electrons. The first kappa shape index (κ1) is 23.5. The number of halogens is 1. The third-order valence-electron chi connectivity index (χ3n) is 5.61. The van der Waals surface area contributed by atoms with Crippen molar-refractivity contribution in [1.29, 1.82) is 0 Å². The smallest absolute Gasteiger partial charge is 0.310 e. The molecule has 5 atom stereocenters. The molecule has 1 unspecified atom stereocenters. The summed E-state index contributed by atoms with van der Waals surface area (Å²) < 4.78 is 22.7. The quantitative estimate of drug-likeness (QED) is 0.356. The molecule has 0 aliphatic carbocycles. The molecule has 0 N–H and O–H groups in total. The van der Waals surface area contributed by atoms with Crippen LogP contribution in [0.15, 0.2) is 34.4 Å². The van der Waals surface area contributed by atoms with Crippen molar-refractivity contribution < 1.29 is 33.3 Å². The molecular formula is C23H29ClO7. The van der Waals surface area contributed by atoms with Gasteiger partial charge in [0.15, 0.2) is 0 Å². The monoisotopic (exact) mass is 452 g/mol. The van der Waals surface area contributed by atoms with E-state index in [1.54, 1.807) is 6.92 Å². The van der Waals surface area contributed by atoms with Crippen molar-refractivity contribution >= 4 is 29.5 Å². The Balaban J connectivity index is 1.83. The van der Waals surface area contributed by atoms with Crippen molar-refractivity contribution in [3.63, 3.8) is 0 Å². The van der Waals surface area contributed by atoms with Gasteiger partial charge in [-0.2, -0.15) is 0 Å². The van der Waals surface area contributed by atoms with E-state index in [9.17, 15) is 14.4 Å². The molecule has 0 aromatic rings. The van der Waals surface area contributed by atoms with Gasteiger partial charge in [0.2, 0.25) is 0 Å². The zero-order chi connectivity index (χ0) is 22.5. The van der Waals surface area contributed by atoms with Crippen LogP contribution in [-0.4, -0.2) is 48.4 Å². The van der Waals surface area contributed by atoms with Crippen LogP contribution >= 0.6 is 11.6 Å². The summed E-state index contributed by atoms with van der Waals surface area (Å²) in [5.41, 5.74) is 1.65. The van der Waals surface area contributed by atoms with Crippen molar-refractivity contribution in [2.45, 2.75) is 89.8 Å². The molecule has 0 aromatic carbocycles. The normalized spacial score (nSPS) is 34.3. The molecule has 1 fully saturated rings. The number of carbonyl (C=O) groups is 3. The topological polar surface area (TPSA) is 88.1 Å². The summed E-state index contributed by atoms with van der Waals surface area (Å²) in [5.74, 6) is -1.29. The molecule has 3 rings (SSSR count). The molecule has 170 valence electrons. The molecule has 2 bridgehead atoms. The van der Waals surface area contributed by atoms with Gasteiger partial charge >= 0.3 is 17.9 Å². The van der Waals surface area contributed by atoms with Gasteiger partial charge in [-0.25, -0.2) is 0 Å². The Labute approximate surface area is 187 Å². The number of carbonyl (C=O) groups excluding carboxylic acids is 3. The fourth-order valence-electron chi connectivity index (χ4n) is 4.07. The number of esters is 3. The van der Waals surface area contributed by atoms with Gasteiger partial charge in [0.1, 0.15) is 24.4 Å². The summed E-state index contributed by atoms with van der Waals surface area (Å²) >= 11 is 6.36. The summed E-state index contributed by atoms with van der Waals surface area (Å²) in [6, 6.07) is 0. The van der Waals surface area contributed by atoms with E-state index in [4.69, 9.17) is 30.5 Å². The van der Waals surface area contributed by atoms with E-state index < -0.39 is 36.4 Å². The third-order valence-corrected chi connectivity index (χ3v) is 5.95. The standard InChI is InChI=1S/C23H29ClO7/c1-13-9-19(30-21(26)10-13)23-20-11-17(29-23)8-7-16(24)6-4-5-14(2)18(28-15(3)25)12-22(27)31-20/h5-6,9,17-20,23H,4,7-8,10-12H2,1-3H3/b14-5?,16-6+/t17-,18-,19+,20?,23-/m0/s1. The maximum Gasteiger partial charge on any atom is 0.310 e. The van der Waals surface area contributed by atoms with Crippen LogP contribution in [0.3, 0.4) is 0 Å². The number of cyclic esters (lactones) is 1. The third kappa shape index (κ3) is 6.68. The lowest BCUT2D eigenvalue weighted by atomic mass is 10.00. The molecule has 0 aromatic heterocycles. The first-order valence-corrected chi connectivity index (χ1v) is 11.0. The van der Waals surface area contributed by atoms with E-state index >= 15 is 0 Å². The molecule has 0 amide bonds. The van der Waals surface area contributed by atoms with Crippen LogP contribution in [0.1, 0.15) is 59.3 Å². The number of hydrogen-bond acceptors (Lipinski definition) is 7. The van der Waals surface area contributed by atoms with Gasteiger partial charge < -0.3 is 18.9 Å². The van der Waals surface area contributed by atoms with Crippen LogP contribution in [0.4, 0.5) is 0 Å². The van der Waals surface area contributed by atoms with E-state index in [1.165, 1.54) is 6.92 Å². The lowest BCUT2D eigenvalue weighted by Crippen LogP contribution is -2.41. The number of hydrogen-bond donors (Lipinski definition) is 0. The van der Waals surface area contributed by atoms with Gasteiger partial charge in [-0.15, -0.1) is 0 Å². The minimum Gasteiger partial charge on any atom is -0.459 e. The average molecular weight is 453 g/mol. The van der Waals surface area contributed by atoms with Gasteiger partial charge in [0.05, 0.1) is 18.9 Å². The van der Waals surface area contributed by atoms with E-state index in [0.717, 1.165) is 11.1 Å². The molecule has 8 heteroatoms. The molecule has 0 saturated carbocycles. The van der Waals surface area contributed by atoms with Crippen molar-refractivity contribution in [2.75, 3.05) is 0 Å². The summed E-state index contributed by atoms with van der Waals surface area (Å²) in [6.45, 7) is 4.97. The van der Waals surface area contributed by atoms with Gasteiger partial charge in [0.25, 0.3) is 0 Å². The zero-order valence-corrected chi connectivity index (χ0v) is 18.9. The number of fused-ring (bicyclic) bond motifs is 2. The van der Waals surface area contributed by atoms with E-state index in [1.807, 2.05) is 25.2 Å². The Morgan fingerprint density at radius 1 is 1.16 bits per heavy atom. The lowest BCUT2D eigenvalue weighted by Gasteiger charge is -2.28. The van der Waals surface area contributed by atoms with Crippen molar-refractivity contribution in [2.24, 2.45) is 0 Å². The van der Waals surface area contributed by atoms with E-state index in [0.29, 0.717) is 30.7 Å². The fourth-order valence-corrected chi connectivity index (χ4v) is 4.27. The fraction of sp³-hybridized carbons (Fsp3) is 0.609. The van der Waals surface area contributed by atoms with Gasteiger partial charge in [0, 0.05) is 18.4 Å². The molecule has 0 spiro atoms. The SMILES string of the molecule is CC(=O)O[C@H]1CC(=O)OC2C[C@H](CC/C(Cl)=C\CC=C1C)O[C@H]2[C@H]1C=C(C)CC(=O)O1. The Morgan fingerprint density at radius 2 is 1.94 bits per heavy atom. The highest BCUT2D eigenvalue weighted by molar-refractivity contribution is 6.29. The Morgan fingerprint density at radius 3 is 2.65 bits per heavy atom. The van der Waals surface area contributed by atoms with Gasteiger partial charge in [-0.3, -0.25) is 14.4 Å². The number of allylic oxidation sites excluding steroid dienone is 3. The number of rotatable bonds is 2. The molecule has 1 saturated heterocycles. The van der Waals surface area contributed by atoms with E-state index in [2.05, 4.69) is 0 Å². The van der Waals surface area contributed by atoms with Crippen LogP contribution < -0.4 is 0 Å². The Bertz CT molecular complexity index is 813. The largest absolute Gasteiger partial charge is 0.459 e. The zero-order valence-electron chi connectivity index (χ0n) is 18.1. The van der Waals surface area contributed by atoms with Crippen molar-refractivity contribution in [3.05, 3.63) is 34.4 Å². The summed E-state index contributed by atoms with van der Waals surface area (Å²) in [6.07, 6.45) is 5.44. The van der Waals surface area contributed by atoms with E-state index in [-0.39, 0.29) is 24.9 Å². The molecular weight excluding hydrogens is 424 g/mol. The molecule has 3 heterocycles. The summed E-state index contributed by atoms with van der Waals surface area (Å²) in [4.78, 5) is 36.2.